The predicted molar refractivity (Wildman–Crippen MR) is 127 cm³/mol. The minimum absolute atomic E-state index is 0.00819. The van der Waals surface area contributed by atoms with E-state index in [-0.39, 0.29) is 17.4 Å². The highest BCUT2D eigenvalue weighted by Gasteiger charge is 2.41. The van der Waals surface area contributed by atoms with Crippen molar-refractivity contribution in [2.75, 3.05) is 19.3 Å². The van der Waals surface area contributed by atoms with Crippen molar-refractivity contribution >= 4 is 15.9 Å². The number of likely N-dealkylation sites (tertiary alicyclic amines) is 1. The third kappa shape index (κ3) is 5.85. The van der Waals surface area contributed by atoms with E-state index in [2.05, 4.69) is 11.1 Å². The largest absolute Gasteiger partial charge is 0.487 e. The van der Waals surface area contributed by atoms with Gasteiger partial charge in [0.05, 0.1) is 11.4 Å². The van der Waals surface area contributed by atoms with Crippen molar-refractivity contribution in [1.82, 2.24) is 9.88 Å². The van der Waals surface area contributed by atoms with E-state index in [0.717, 1.165) is 48.3 Å². The smallest absolute Gasteiger partial charge is 0.410 e. The van der Waals surface area contributed by atoms with Gasteiger partial charge in [-0.05, 0) is 69.0 Å². The molecule has 1 saturated heterocycles. The summed E-state index contributed by atoms with van der Waals surface area (Å²) in [7, 11) is -3.08. The molecule has 4 rings (SSSR count). The molecule has 178 valence electrons. The van der Waals surface area contributed by atoms with Crippen LogP contribution in [-0.4, -0.2) is 54.9 Å². The first-order valence-electron chi connectivity index (χ1n) is 11.3. The Kier molecular flexibility index (Phi) is 6.16. The van der Waals surface area contributed by atoms with E-state index in [1.54, 1.807) is 11.1 Å². The van der Waals surface area contributed by atoms with E-state index in [0.29, 0.717) is 18.7 Å². The molecule has 2 aliphatic rings. The van der Waals surface area contributed by atoms with Gasteiger partial charge in [-0.3, -0.25) is 4.98 Å². The molecule has 33 heavy (non-hydrogen) atoms. The fourth-order valence-electron chi connectivity index (χ4n) is 4.44. The van der Waals surface area contributed by atoms with Gasteiger partial charge < -0.3 is 14.4 Å². The molecule has 0 saturated carbocycles. The standard InChI is InChI=1S/C25H32N2O5S/c1-24(2,3)32-23(28)27-13-11-25(12-14-27)10-9-20-15-19(6-8-22(20)31-25)21-7-5-18(16-26-21)17-33(4,29)30/h5-8,15-16H,9-14,17H2,1-4H3. The van der Waals surface area contributed by atoms with Crippen LogP contribution in [0.1, 0.15) is 51.2 Å². The number of piperidine rings is 1. The number of carbonyl (C=O) groups excluding carboxylic acids is 1. The number of nitrogens with zero attached hydrogens (tertiary/aromatic N) is 2. The normalized spacial score (nSPS) is 17.9. The number of pyridine rings is 1. The van der Waals surface area contributed by atoms with Crippen LogP contribution in [0.4, 0.5) is 4.79 Å². The predicted octanol–water partition coefficient (Wildman–Crippen LogP) is 4.39. The van der Waals surface area contributed by atoms with Crippen LogP contribution in [0.15, 0.2) is 36.5 Å². The van der Waals surface area contributed by atoms with Gasteiger partial charge in [0.2, 0.25) is 0 Å². The number of carbonyl (C=O) groups is 1. The van der Waals surface area contributed by atoms with Crippen molar-refractivity contribution < 1.29 is 22.7 Å². The molecule has 1 fully saturated rings. The van der Waals surface area contributed by atoms with Crippen molar-refractivity contribution in [3.63, 3.8) is 0 Å². The molecule has 2 aromatic rings. The summed E-state index contributed by atoms with van der Waals surface area (Å²) in [5, 5.41) is 0. The van der Waals surface area contributed by atoms with Crippen LogP contribution in [0.25, 0.3) is 11.3 Å². The highest BCUT2D eigenvalue weighted by Crippen LogP contribution is 2.40. The molecule has 2 aliphatic heterocycles. The zero-order chi connectivity index (χ0) is 23.9. The fraction of sp³-hybridized carbons (Fsp3) is 0.520. The molecule has 1 aromatic carbocycles. The van der Waals surface area contributed by atoms with Crippen LogP contribution in [0.3, 0.4) is 0 Å². The van der Waals surface area contributed by atoms with E-state index in [1.165, 1.54) is 6.26 Å². The Bertz CT molecular complexity index is 1130. The molecule has 1 spiro atoms. The zero-order valence-electron chi connectivity index (χ0n) is 19.8. The van der Waals surface area contributed by atoms with Gasteiger partial charge in [0.1, 0.15) is 17.0 Å². The second-order valence-corrected chi connectivity index (χ2v) is 12.3. The molecule has 0 atom stereocenters. The Morgan fingerprint density at radius 1 is 1.15 bits per heavy atom. The van der Waals surface area contributed by atoms with Crippen molar-refractivity contribution in [2.45, 2.75) is 63.4 Å². The Hall–Kier alpha value is -2.61. The van der Waals surface area contributed by atoms with Gasteiger partial charge in [-0.15, -0.1) is 0 Å². The Balaban J connectivity index is 1.41. The van der Waals surface area contributed by atoms with Gasteiger partial charge in [-0.2, -0.15) is 0 Å². The number of aromatic nitrogens is 1. The lowest BCUT2D eigenvalue weighted by Crippen LogP contribution is -2.52. The summed E-state index contributed by atoms with van der Waals surface area (Å²) < 4.78 is 35.0. The number of hydrogen-bond donors (Lipinski definition) is 0. The van der Waals surface area contributed by atoms with Crippen molar-refractivity contribution in [2.24, 2.45) is 0 Å². The lowest BCUT2D eigenvalue weighted by atomic mass is 9.83. The molecular weight excluding hydrogens is 440 g/mol. The van der Waals surface area contributed by atoms with Gasteiger partial charge >= 0.3 is 6.09 Å². The van der Waals surface area contributed by atoms with Gasteiger partial charge in [0, 0.05) is 43.9 Å². The van der Waals surface area contributed by atoms with E-state index in [4.69, 9.17) is 9.47 Å². The number of rotatable bonds is 3. The number of ether oxygens (including phenoxy) is 2. The van der Waals surface area contributed by atoms with Crippen molar-refractivity contribution in [1.29, 1.82) is 0 Å². The first-order valence-corrected chi connectivity index (χ1v) is 13.4. The van der Waals surface area contributed by atoms with Gasteiger partial charge in [0.15, 0.2) is 9.84 Å². The maximum absolute atomic E-state index is 12.4. The number of aryl methyl sites for hydroxylation is 1. The van der Waals surface area contributed by atoms with E-state index < -0.39 is 15.4 Å². The number of sulfone groups is 1. The van der Waals surface area contributed by atoms with Crippen LogP contribution in [-0.2, 0) is 26.7 Å². The second-order valence-electron chi connectivity index (χ2n) is 10.2. The number of hydrogen-bond acceptors (Lipinski definition) is 6. The molecular formula is C25H32N2O5S. The minimum Gasteiger partial charge on any atom is -0.487 e. The maximum atomic E-state index is 12.4. The number of fused-ring (bicyclic) bond motifs is 1. The second kappa shape index (κ2) is 8.63. The summed E-state index contributed by atoms with van der Waals surface area (Å²) in [6.07, 6.45) is 5.98. The monoisotopic (exact) mass is 472 g/mol. The Morgan fingerprint density at radius 2 is 1.88 bits per heavy atom. The maximum Gasteiger partial charge on any atom is 0.410 e. The van der Waals surface area contributed by atoms with Crippen LogP contribution < -0.4 is 4.74 Å². The molecule has 0 radical (unpaired) electrons. The summed E-state index contributed by atoms with van der Waals surface area (Å²) >= 11 is 0. The van der Waals surface area contributed by atoms with Crippen LogP contribution in [0, 0.1) is 0 Å². The van der Waals surface area contributed by atoms with Crippen LogP contribution >= 0.6 is 0 Å². The van der Waals surface area contributed by atoms with Crippen LogP contribution in [0.5, 0.6) is 5.75 Å². The van der Waals surface area contributed by atoms with E-state index in [9.17, 15) is 13.2 Å². The molecule has 3 heterocycles. The Morgan fingerprint density at radius 3 is 2.48 bits per heavy atom. The third-order valence-corrected chi connectivity index (χ3v) is 6.97. The van der Waals surface area contributed by atoms with E-state index in [1.807, 2.05) is 45.0 Å². The van der Waals surface area contributed by atoms with Gasteiger partial charge in [-0.1, -0.05) is 6.07 Å². The SMILES string of the molecule is CC(C)(C)OC(=O)N1CCC2(CCc3cc(-c4ccc(CS(C)(=O)=O)cn4)ccc3O2)CC1. The average Bonchev–Trinajstić information content (AvgIpc) is 2.72. The molecule has 0 bridgehead atoms. The Labute approximate surface area is 196 Å². The molecule has 1 amide bonds. The van der Waals surface area contributed by atoms with Crippen molar-refractivity contribution in [3.8, 4) is 17.0 Å². The summed E-state index contributed by atoms with van der Waals surface area (Å²) in [6, 6.07) is 9.77. The lowest BCUT2D eigenvalue weighted by molar-refractivity contribution is -0.0272. The van der Waals surface area contributed by atoms with E-state index >= 15 is 0 Å². The number of benzene rings is 1. The van der Waals surface area contributed by atoms with Gasteiger partial charge in [0.25, 0.3) is 0 Å². The molecule has 7 nitrogen and oxygen atoms in total. The summed E-state index contributed by atoms with van der Waals surface area (Å²) in [4.78, 5) is 18.6. The quantitative estimate of drug-likeness (QED) is 0.659. The average molecular weight is 473 g/mol. The summed E-state index contributed by atoms with van der Waals surface area (Å²) in [6.45, 7) is 6.90. The molecule has 0 unspecified atom stereocenters. The lowest BCUT2D eigenvalue weighted by Gasteiger charge is -2.44. The molecule has 8 heteroatoms. The van der Waals surface area contributed by atoms with Crippen LogP contribution in [0.2, 0.25) is 0 Å². The molecule has 0 N–H and O–H groups in total. The number of amides is 1. The van der Waals surface area contributed by atoms with Gasteiger partial charge in [-0.25, -0.2) is 13.2 Å². The zero-order valence-corrected chi connectivity index (χ0v) is 20.6. The van der Waals surface area contributed by atoms with Crippen molar-refractivity contribution in [3.05, 3.63) is 47.7 Å². The molecule has 1 aromatic heterocycles. The fourth-order valence-corrected chi connectivity index (χ4v) is 5.22. The minimum atomic E-state index is -3.08. The summed E-state index contributed by atoms with van der Waals surface area (Å²) in [5.41, 5.74) is 2.89. The first-order chi connectivity index (χ1) is 15.4. The first kappa shape index (κ1) is 23.5. The topological polar surface area (TPSA) is 85.8 Å². The highest BCUT2D eigenvalue weighted by atomic mass is 32.2. The molecule has 0 aliphatic carbocycles. The third-order valence-electron chi connectivity index (χ3n) is 6.11. The highest BCUT2D eigenvalue weighted by molar-refractivity contribution is 7.89. The summed E-state index contributed by atoms with van der Waals surface area (Å²) in [5.74, 6) is 0.885.